The highest BCUT2D eigenvalue weighted by molar-refractivity contribution is 5.18. The van der Waals surface area contributed by atoms with Gasteiger partial charge >= 0.3 is 0 Å². The van der Waals surface area contributed by atoms with Gasteiger partial charge in [0, 0.05) is 84.1 Å². The molecule has 0 aromatic rings. The second-order valence-electron chi connectivity index (χ2n) is 16.3. The van der Waals surface area contributed by atoms with Crippen molar-refractivity contribution in [2.24, 2.45) is 102 Å². The van der Waals surface area contributed by atoms with Crippen molar-refractivity contribution in [1.82, 2.24) is 9.80 Å². The smallest absolute Gasteiger partial charge is 0.0155 e. The normalized spacial score (nSPS) is 26.1. The SMILES string of the molecule is NCC12CC3(CN)CC(CN)(C1)CC(CN)(C2)C3.NCCCC(N)(CCCN)CCCN.NCCN(CCN)CCN.NCCN(CCN)CCN. The lowest BCUT2D eigenvalue weighted by molar-refractivity contribution is -0.188. The molecule has 16 nitrogen and oxygen atoms in total. The average molecular weight is 747 g/mol. The van der Waals surface area contributed by atoms with Gasteiger partial charge in [-0.1, -0.05) is 0 Å². The molecule has 0 aliphatic heterocycles. The molecule has 0 saturated heterocycles. The summed E-state index contributed by atoms with van der Waals surface area (Å²) in [6.07, 6.45) is 13.2. The molecule has 4 saturated carbocycles. The molecule has 28 N–H and O–H groups in total. The van der Waals surface area contributed by atoms with Gasteiger partial charge in [-0.2, -0.15) is 0 Å². The number of hydrogen-bond donors (Lipinski definition) is 14. The Bertz CT molecular complexity index is 679. The van der Waals surface area contributed by atoms with E-state index in [1.807, 2.05) is 0 Å². The minimum absolute atomic E-state index is 0.0852. The Morgan fingerprint density at radius 3 is 0.654 bits per heavy atom. The molecule has 16 heteroatoms. The maximum atomic E-state index is 6.29. The van der Waals surface area contributed by atoms with Gasteiger partial charge in [0.2, 0.25) is 0 Å². The second kappa shape index (κ2) is 27.9. The summed E-state index contributed by atoms with van der Waals surface area (Å²) in [5, 5.41) is 0. The van der Waals surface area contributed by atoms with Crippen LogP contribution in [0.1, 0.15) is 77.0 Å². The Morgan fingerprint density at radius 2 is 0.519 bits per heavy atom. The Morgan fingerprint density at radius 1 is 0.327 bits per heavy atom. The molecule has 52 heavy (non-hydrogen) atoms. The lowest BCUT2D eigenvalue weighted by atomic mass is 9.35. The number of hydrogen-bond acceptors (Lipinski definition) is 16. The van der Waals surface area contributed by atoms with Crippen LogP contribution in [0.15, 0.2) is 0 Å². The van der Waals surface area contributed by atoms with E-state index in [1.54, 1.807) is 0 Å². The van der Waals surface area contributed by atoms with Crippen molar-refractivity contribution in [3.05, 3.63) is 0 Å². The first-order valence-electron chi connectivity index (χ1n) is 20.2. The summed E-state index contributed by atoms with van der Waals surface area (Å²) in [7, 11) is 0. The first kappa shape index (κ1) is 51.4. The largest absolute Gasteiger partial charge is 0.330 e. The average Bonchev–Trinajstić information content (AvgIpc) is 3.13. The van der Waals surface area contributed by atoms with Crippen molar-refractivity contribution >= 4 is 0 Å². The zero-order valence-corrected chi connectivity index (χ0v) is 33.4. The Kier molecular flexibility index (Phi) is 27.5. The van der Waals surface area contributed by atoms with Crippen LogP contribution in [0.2, 0.25) is 0 Å². The Balaban J connectivity index is 0.000000693. The lowest BCUT2D eigenvalue weighted by Gasteiger charge is -2.70. The summed E-state index contributed by atoms with van der Waals surface area (Å²) in [6.45, 7) is 14.7. The van der Waals surface area contributed by atoms with Gasteiger partial charge in [0.15, 0.2) is 0 Å². The van der Waals surface area contributed by atoms with Gasteiger partial charge in [-0.05, 0) is 145 Å². The maximum Gasteiger partial charge on any atom is 0.0155 e. The zero-order chi connectivity index (χ0) is 39.6. The lowest BCUT2D eigenvalue weighted by Crippen LogP contribution is -2.67. The van der Waals surface area contributed by atoms with E-state index in [2.05, 4.69) is 9.80 Å². The van der Waals surface area contributed by atoms with E-state index in [0.29, 0.717) is 58.9 Å². The molecule has 0 aromatic heterocycles. The summed E-state index contributed by atoms with van der Waals surface area (Å²) < 4.78 is 0. The van der Waals surface area contributed by atoms with Crippen molar-refractivity contribution in [3.8, 4) is 0 Å². The minimum atomic E-state index is -0.0852. The van der Waals surface area contributed by atoms with Crippen molar-refractivity contribution in [2.45, 2.75) is 82.6 Å². The highest BCUT2D eigenvalue weighted by atomic mass is 15.1. The van der Waals surface area contributed by atoms with Gasteiger partial charge in [-0.3, -0.25) is 9.80 Å². The van der Waals surface area contributed by atoms with E-state index in [0.717, 1.165) is 104 Å². The minimum Gasteiger partial charge on any atom is -0.330 e. The van der Waals surface area contributed by atoms with Gasteiger partial charge < -0.3 is 80.3 Å². The fourth-order valence-electron chi connectivity index (χ4n) is 9.89. The molecule has 0 spiro atoms. The number of rotatable bonds is 25. The summed E-state index contributed by atoms with van der Waals surface area (Å²) in [6, 6.07) is 0. The zero-order valence-electron chi connectivity index (χ0n) is 33.4. The first-order chi connectivity index (χ1) is 24.9. The van der Waals surface area contributed by atoms with Crippen LogP contribution in [0.3, 0.4) is 0 Å². The van der Waals surface area contributed by atoms with Gasteiger partial charge in [-0.15, -0.1) is 0 Å². The molecule has 0 atom stereocenters. The first-order valence-corrected chi connectivity index (χ1v) is 20.2. The predicted octanol–water partition coefficient (Wildman–Crippen LogP) is -3.62. The van der Waals surface area contributed by atoms with Crippen molar-refractivity contribution in [1.29, 1.82) is 0 Å². The van der Waals surface area contributed by atoms with Crippen LogP contribution < -0.4 is 80.3 Å². The Labute approximate surface area is 318 Å². The summed E-state index contributed by atoms with van der Waals surface area (Å²) >= 11 is 0. The molecule has 4 aliphatic rings. The van der Waals surface area contributed by atoms with Crippen LogP contribution in [0.5, 0.6) is 0 Å². The van der Waals surface area contributed by atoms with Crippen LogP contribution in [0.25, 0.3) is 0 Å². The van der Waals surface area contributed by atoms with E-state index in [4.69, 9.17) is 80.3 Å². The maximum absolute atomic E-state index is 6.29. The molecule has 0 amide bonds. The highest BCUT2D eigenvalue weighted by Gasteiger charge is 2.66. The van der Waals surface area contributed by atoms with Crippen LogP contribution in [0, 0.1) is 21.7 Å². The van der Waals surface area contributed by atoms with E-state index in [9.17, 15) is 0 Å². The molecular weight excluding hydrogens is 657 g/mol. The van der Waals surface area contributed by atoms with Gasteiger partial charge in [0.1, 0.15) is 0 Å². The molecule has 0 aromatic carbocycles. The van der Waals surface area contributed by atoms with Crippen LogP contribution >= 0.6 is 0 Å². The van der Waals surface area contributed by atoms with Crippen LogP contribution in [-0.4, -0.2) is 140 Å². The second-order valence-corrected chi connectivity index (χ2v) is 16.3. The fourth-order valence-corrected chi connectivity index (χ4v) is 9.89. The number of nitrogens with two attached hydrogens (primary N) is 14. The van der Waals surface area contributed by atoms with E-state index in [1.165, 1.54) is 38.5 Å². The molecule has 0 unspecified atom stereocenters. The van der Waals surface area contributed by atoms with Gasteiger partial charge in [-0.25, -0.2) is 0 Å². The monoisotopic (exact) mass is 747 g/mol. The molecule has 4 bridgehead atoms. The van der Waals surface area contributed by atoms with Gasteiger partial charge in [0.25, 0.3) is 0 Å². The quantitative estimate of drug-likeness (QED) is 0.0429. The Hall–Kier alpha value is -0.640. The van der Waals surface area contributed by atoms with Crippen molar-refractivity contribution in [2.75, 3.05) is 124 Å². The molecule has 4 rings (SSSR count). The molecule has 0 heterocycles. The number of nitrogens with zero attached hydrogens (tertiary/aromatic N) is 2. The van der Waals surface area contributed by atoms with E-state index >= 15 is 0 Å². The summed E-state index contributed by atoms with van der Waals surface area (Å²) in [4.78, 5) is 4.33. The van der Waals surface area contributed by atoms with E-state index < -0.39 is 0 Å². The van der Waals surface area contributed by atoms with Crippen LogP contribution in [-0.2, 0) is 0 Å². The van der Waals surface area contributed by atoms with Gasteiger partial charge in [0.05, 0.1) is 0 Å². The van der Waals surface area contributed by atoms with Crippen molar-refractivity contribution < 1.29 is 0 Å². The van der Waals surface area contributed by atoms with Crippen molar-refractivity contribution in [3.63, 3.8) is 0 Å². The fraction of sp³-hybridized carbons (Fsp3) is 1.00. The molecule has 314 valence electrons. The van der Waals surface area contributed by atoms with E-state index in [-0.39, 0.29) is 27.2 Å². The topological polar surface area (TPSA) is 371 Å². The third kappa shape index (κ3) is 17.9. The third-order valence-electron chi connectivity index (χ3n) is 11.5. The summed E-state index contributed by atoms with van der Waals surface area (Å²) in [5.41, 5.74) is 80.5. The molecular formula is C36H90N16. The molecule has 0 radical (unpaired) electrons. The van der Waals surface area contributed by atoms with Crippen LogP contribution in [0.4, 0.5) is 0 Å². The highest BCUT2D eigenvalue weighted by Crippen LogP contribution is 2.72. The summed E-state index contributed by atoms with van der Waals surface area (Å²) in [5.74, 6) is 0. The predicted molar refractivity (Wildman–Crippen MR) is 223 cm³/mol. The standard InChI is InChI=1S/C14H28N4.C10H26N4.2C6H18N4/c15-7-11-1-12(8-16)4-13(2-11,9-17)6-14(3-11,5-12)10-18;11-7-1-4-10(14,5-2-8-12)6-3-9-13;2*7-1-4-10(5-2-8)6-3-9/h1-10,15-18H2;1-9,11-14H2;2*1-9H2. The molecule has 4 fully saturated rings. The third-order valence-corrected chi connectivity index (χ3v) is 11.5. The molecule has 4 aliphatic carbocycles.